The number of H-pyrrole nitrogens is 2. The third-order valence-electron chi connectivity index (χ3n) is 5.66. The van der Waals surface area contributed by atoms with Crippen molar-refractivity contribution < 1.29 is 0 Å². The summed E-state index contributed by atoms with van der Waals surface area (Å²) in [5, 5.41) is 9.37. The van der Waals surface area contributed by atoms with E-state index in [-0.39, 0.29) is 0 Å². The average molecular weight is 444 g/mol. The highest BCUT2D eigenvalue weighted by Crippen LogP contribution is 2.25. The molecule has 172 valence electrons. The zero-order valence-electron chi connectivity index (χ0n) is 19.5. The lowest BCUT2D eigenvalue weighted by Crippen LogP contribution is -2.13. The van der Waals surface area contributed by atoms with Crippen LogP contribution in [0.1, 0.15) is 63.8 Å². The fourth-order valence-electron chi connectivity index (χ4n) is 3.98. The molecule has 4 aromatic rings. The topological polar surface area (TPSA) is 120 Å². The van der Waals surface area contributed by atoms with Crippen LogP contribution in [-0.4, -0.2) is 25.8 Å². The number of nitrogens with zero attached hydrogens (tertiary/aromatic N) is 4. The number of nitrogens with one attached hydrogen (secondary N) is 2. The van der Waals surface area contributed by atoms with Gasteiger partial charge in [0.1, 0.15) is 22.8 Å². The number of nitriles is 1. The van der Waals surface area contributed by atoms with Gasteiger partial charge in [-0.3, -0.25) is 4.99 Å². The Labute approximate surface area is 195 Å². The second-order valence-corrected chi connectivity index (χ2v) is 7.88. The molecule has 0 unspecified atom stereocenters. The van der Waals surface area contributed by atoms with Gasteiger partial charge in [-0.1, -0.05) is 63.4 Å². The van der Waals surface area contributed by atoms with Crippen LogP contribution in [0.15, 0.2) is 53.8 Å². The SMILES string of the molecule is CC.N#CCC1CCCCC1.NC(=NCc1nc2c(cnc3[nH]ccc32)[nH]1)c1ccccc1. The Kier molecular flexibility index (Phi) is 9.01. The number of nitrogens with two attached hydrogens (primary N) is 1. The molecule has 7 heteroatoms. The van der Waals surface area contributed by atoms with Crippen LogP contribution in [0.25, 0.3) is 22.1 Å². The molecular formula is C26H33N7. The number of aliphatic imine (C=N–C) groups is 1. The minimum atomic E-state index is 0.404. The van der Waals surface area contributed by atoms with E-state index in [4.69, 9.17) is 11.0 Å². The van der Waals surface area contributed by atoms with E-state index in [1.165, 1.54) is 32.1 Å². The number of hydrogen-bond donors (Lipinski definition) is 3. The molecule has 7 nitrogen and oxygen atoms in total. The molecule has 1 fully saturated rings. The van der Waals surface area contributed by atoms with Crippen LogP contribution in [0.4, 0.5) is 0 Å². The zero-order valence-corrected chi connectivity index (χ0v) is 19.5. The van der Waals surface area contributed by atoms with Crippen LogP contribution in [-0.2, 0) is 6.54 Å². The summed E-state index contributed by atoms with van der Waals surface area (Å²) in [6.45, 7) is 4.40. The Morgan fingerprint density at radius 2 is 1.91 bits per heavy atom. The summed E-state index contributed by atoms with van der Waals surface area (Å²) in [5.41, 5.74) is 9.54. The molecule has 0 spiro atoms. The molecule has 0 atom stereocenters. The second-order valence-electron chi connectivity index (χ2n) is 7.88. The Balaban J connectivity index is 0.000000234. The zero-order chi connectivity index (χ0) is 23.5. The number of rotatable bonds is 4. The average Bonchev–Trinajstić information content (AvgIpc) is 3.52. The molecule has 1 aliphatic carbocycles. The molecule has 5 rings (SSSR count). The van der Waals surface area contributed by atoms with Crippen molar-refractivity contribution in [3.8, 4) is 6.07 Å². The van der Waals surface area contributed by atoms with Crippen molar-refractivity contribution in [1.82, 2.24) is 19.9 Å². The highest BCUT2D eigenvalue weighted by molar-refractivity contribution is 6.00. The van der Waals surface area contributed by atoms with E-state index < -0.39 is 0 Å². The molecule has 1 aliphatic rings. The summed E-state index contributed by atoms with van der Waals surface area (Å²) in [6, 6.07) is 13.9. The van der Waals surface area contributed by atoms with Crippen molar-refractivity contribution in [3.63, 3.8) is 0 Å². The smallest absolute Gasteiger partial charge is 0.139 e. The van der Waals surface area contributed by atoms with Gasteiger partial charge in [-0.15, -0.1) is 0 Å². The van der Waals surface area contributed by atoms with Crippen LogP contribution >= 0.6 is 0 Å². The van der Waals surface area contributed by atoms with E-state index >= 15 is 0 Å². The van der Waals surface area contributed by atoms with Gasteiger partial charge in [-0.05, 0) is 24.8 Å². The van der Waals surface area contributed by atoms with E-state index in [9.17, 15) is 0 Å². The lowest BCUT2D eigenvalue weighted by Gasteiger charge is -2.17. The summed E-state index contributed by atoms with van der Waals surface area (Å²) >= 11 is 0. The summed E-state index contributed by atoms with van der Waals surface area (Å²) in [4.78, 5) is 19.7. The van der Waals surface area contributed by atoms with Gasteiger partial charge < -0.3 is 15.7 Å². The largest absolute Gasteiger partial charge is 0.383 e. The molecule has 3 aromatic heterocycles. The van der Waals surface area contributed by atoms with Gasteiger partial charge in [0.15, 0.2) is 0 Å². The Morgan fingerprint density at radius 1 is 1.15 bits per heavy atom. The molecule has 0 radical (unpaired) electrons. The minimum Gasteiger partial charge on any atom is -0.383 e. The van der Waals surface area contributed by atoms with Crippen LogP contribution in [0, 0.1) is 17.2 Å². The molecule has 0 aliphatic heterocycles. The molecule has 1 saturated carbocycles. The number of fused-ring (bicyclic) bond motifs is 3. The normalized spacial score (nSPS) is 14.2. The number of aromatic nitrogens is 4. The highest BCUT2D eigenvalue weighted by atomic mass is 15.0. The lowest BCUT2D eigenvalue weighted by molar-refractivity contribution is 0.364. The Hall–Kier alpha value is -3.66. The molecule has 33 heavy (non-hydrogen) atoms. The molecular weight excluding hydrogens is 410 g/mol. The first kappa shape index (κ1) is 24.0. The maximum absolute atomic E-state index is 8.37. The van der Waals surface area contributed by atoms with E-state index in [0.29, 0.717) is 12.4 Å². The predicted octanol–water partition coefficient (Wildman–Crippen LogP) is 5.85. The first-order valence-electron chi connectivity index (χ1n) is 11.8. The number of benzene rings is 1. The first-order valence-corrected chi connectivity index (χ1v) is 11.8. The summed E-state index contributed by atoms with van der Waals surface area (Å²) in [5.74, 6) is 2.01. The summed E-state index contributed by atoms with van der Waals surface area (Å²) < 4.78 is 0. The molecule has 0 amide bonds. The van der Waals surface area contributed by atoms with Gasteiger partial charge in [0.2, 0.25) is 0 Å². The fraction of sp³-hybridized carbons (Fsp3) is 0.385. The van der Waals surface area contributed by atoms with Gasteiger partial charge in [-0.25, -0.2) is 9.97 Å². The minimum absolute atomic E-state index is 0.404. The van der Waals surface area contributed by atoms with Crippen molar-refractivity contribution in [3.05, 3.63) is 60.2 Å². The maximum atomic E-state index is 8.37. The quantitative estimate of drug-likeness (QED) is 0.270. The lowest BCUT2D eigenvalue weighted by atomic mass is 9.87. The van der Waals surface area contributed by atoms with Crippen molar-refractivity contribution in [2.75, 3.05) is 0 Å². The van der Waals surface area contributed by atoms with Crippen molar-refractivity contribution in [1.29, 1.82) is 5.26 Å². The number of aromatic amines is 2. The van der Waals surface area contributed by atoms with E-state index in [1.807, 2.05) is 56.4 Å². The highest BCUT2D eigenvalue weighted by Gasteiger charge is 2.11. The van der Waals surface area contributed by atoms with Gasteiger partial charge in [0.25, 0.3) is 0 Å². The predicted molar refractivity (Wildman–Crippen MR) is 135 cm³/mol. The standard InChI is InChI=1S/C16H14N6.C8H13N.C2H6/c17-15(10-4-2-1-3-5-10)19-9-13-21-12-8-20-16-11(6-7-18-16)14(12)22-13;9-7-6-8-4-2-1-3-5-8;1-2/h1-8H,9H2,(H2,17,19)(H,18,20)(H,21,22);8H,1-6H2;1-2H3. The number of hydrogen-bond acceptors (Lipinski definition) is 4. The molecule has 4 N–H and O–H groups in total. The third-order valence-corrected chi connectivity index (χ3v) is 5.66. The van der Waals surface area contributed by atoms with Crippen molar-refractivity contribution >= 4 is 27.9 Å². The van der Waals surface area contributed by atoms with Crippen LogP contribution in [0.2, 0.25) is 0 Å². The maximum Gasteiger partial charge on any atom is 0.139 e. The Morgan fingerprint density at radius 3 is 2.64 bits per heavy atom. The third kappa shape index (κ3) is 6.42. The van der Waals surface area contributed by atoms with E-state index in [2.05, 4.69) is 31.0 Å². The van der Waals surface area contributed by atoms with Gasteiger partial charge in [0.05, 0.1) is 24.3 Å². The number of amidine groups is 1. The fourth-order valence-corrected chi connectivity index (χ4v) is 3.98. The number of pyridine rings is 1. The summed E-state index contributed by atoms with van der Waals surface area (Å²) in [7, 11) is 0. The Bertz CT molecular complexity index is 1190. The summed E-state index contributed by atoms with van der Waals surface area (Å²) in [6.07, 6.45) is 11.1. The molecule has 1 aromatic carbocycles. The first-order chi connectivity index (χ1) is 16.2. The van der Waals surface area contributed by atoms with Crippen molar-refractivity contribution in [2.24, 2.45) is 16.6 Å². The molecule has 0 bridgehead atoms. The van der Waals surface area contributed by atoms with Gasteiger partial charge in [0, 0.05) is 23.6 Å². The monoisotopic (exact) mass is 443 g/mol. The van der Waals surface area contributed by atoms with Gasteiger partial charge in [-0.2, -0.15) is 5.26 Å². The molecule has 0 saturated heterocycles. The van der Waals surface area contributed by atoms with E-state index in [1.54, 1.807) is 6.20 Å². The van der Waals surface area contributed by atoms with Gasteiger partial charge >= 0.3 is 0 Å². The van der Waals surface area contributed by atoms with Crippen molar-refractivity contribution in [2.45, 2.75) is 58.9 Å². The second kappa shape index (κ2) is 12.4. The number of imidazole rings is 1. The van der Waals surface area contributed by atoms with Crippen LogP contribution in [0.3, 0.4) is 0 Å². The van der Waals surface area contributed by atoms with Crippen LogP contribution in [0.5, 0.6) is 0 Å². The van der Waals surface area contributed by atoms with Crippen LogP contribution < -0.4 is 5.73 Å². The molecule has 3 heterocycles. The van der Waals surface area contributed by atoms with E-state index in [0.717, 1.165) is 45.8 Å².